The smallest absolute Gasteiger partial charge is 0.0358 e. The van der Waals surface area contributed by atoms with Gasteiger partial charge >= 0.3 is 0 Å². The molecule has 26 heavy (non-hydrogen) atoms. The van der Waals surface area contributed by atoms with Gasteiger partial charge < -0.3 is 0 Å². The Balaban J connectivity index is 3.11. The summed E-state index contributed by atoms with van der Waals surface area (Å²) in [5.41, 5.74) is 0. The second-order valence-electron chi connectivity index (χ2n) is 8.80. The molecule has 0 aromatic rings. The van der Waals surface area contributed by atoms with Gasteiger partial charge in [0.1, 0.15) is 0 Å². The van der Waals surface area contributed by atoms with Crippen LogP contribution in [0.2, 0.25) is 0 Å². The molecule has 157 valence electrons. The van der Waals surface area contributed by atoms with Crippen LogP contribution in [-0.4, -0.2) is 0 Å². The van der Waals surface area contributed by atoms with E-state index in [4.69, 9.17) is 0 Å². The minimum absolute atomic E-state index is 0.846. The van der Waals surface area contributed by atoms with Crippen molar-refractivity contribution < 1.29 is 0 Å². The minimum atomic E-state index is 0.846. The number of rotatable bonds is 22. The van der Waals surface area contributed by atoms with Gasteiger partial charge in [0.2, 0.25) is 0 Å². The fraction of sp³-hybridized carbons (Fsp3) is 0.962. The van der Waals surface area contributed by atoms with Crippen LogP contribution in [0.5, 0.6) is 0 Å². The molecule has 0 bridgehead atoms. The monoisotopic (exact) mass is 365 g/mol. The molecule has 0 heterocycles. The van der Waals surface area contributed by atoms with Gasteiger partial charge in [-0.2, -0.15) is 0 Å². The van der Waals surface area contributed by atoms with Crippen molar-refractivity contribution >= 4 is 0 Å². The van der Waals surface area contributed by atoms with Crippen LogP contribution in [0.25, 0.3) is 0 Å². The maximum Gasteiger partial charge on any atom is -0.0358 e. The zero-order valence-corrected chi connectivity index (χ0v) is 19.0. The summed E-state index contributed by atoms with van der Waals surface area (Å²) in [6, 6.07) is 0. The van der Waals surface area contributed by atoms with Gasteiger partial charge in [-0.15, -0.1) is 0 Å². The van der Waals surface area contributed by atoms with Gasteiger partial charge in [0.15, 0.2) is 0 Å². The third kappa shape index (κ3) is 22.0. The highest BCUT2D eigenvalue weighted by Crippen LogP contribution is 2.18. The first-order chi connectivity index (χ1) is 12.8. The van der Waals surface area contributed by atoms with E-state index in [0.717, 1.165) is 5.92 Å². The summed E-state index contributed by atoms with van der Waals surface area (Å²) in [4.78, 5) is 0. The lowest BCUT2D eigenvalue weighted by Gasteiger charge is -2.10. The molecule has 0 aromatic heterocycles. The molecular weight excluding hydrogens is 312 g/mol. The van der Waals surface area contributed by atoms with Crippen molar-refractivity contribution in [1.82, 2.24) is 0 Å². The van der Waals surface area contributed by atoms with Crippen molar-refractivity contribution in [2.45, 2.75) is 156 Å². The van der Waals surface area contributed by atoms with Crippen molar-refractivity contribution in [1.29, 1.82) is 0 Å². The molecule has 0 saturated carbocycles. The molecule has 0 heteroatoms. The predicted octanol–water partition coefficient (Wildman–Crippen LogP) is 10.1. The first-order valence-corrected chi connectivity index (χ1v) is 12.6. The zero-order valence-electron chi connectivity index (χ0n) is 19.0. The third-order valence-corrected chi connectivity index (χ3v) is 5.89. The van der Waals surface area contributed by atoms with Gasteiger partial charge in [-0.05, 0) is 18.8 Å². The fourth-order valence-electron chi connectivity index (χ4n) is 3.93. The molecule has 0 aliphatic rings. The first-order valence-electron chi connectivity index (χ1n) is 12.6. The molecule has 0 N–H and O–H groups in total. The van der Waals surface area contributed by atoms with Gasteiger partial charge in [-0.25, -0.2) is 0 Å². The van der Waals surface area contributed by atoms with Crippen LogP contribution in [0.3, 0.4) is 0 Å². The Hall–Kier alpha value is 0. The van der Waals surface area contributed by atoms with Gasteiger partial charge in [0.05, 0.1) is 0 Å². The predicted molar refractivity (Wildman–Crippen MR) is 122 cm³/mol. The number of hydrogen-bond acceptors (Lipinski definition) is 0. The maximum absolute atomic E-state index is 2.61. The lowest BCUT2D eigenvalue weighted by atomic mass is 9.95. The van der Waals surface area contributed by atoms with Gasteiger partial charge in [0.25, 0.3) is 0 Å². The van der Waals surface area contributed by atoms with Crippen molar-refractivity contribution in [2.24, 2.45) is 5.92 Å². The average molecular weight is 366 g/mol. The van der Waals surface area contributed by atoms with E-state index < -0.39 is 0 Å². The summed E-state index contributed by atoms with van der Waals surface area (Å²) in [6.07, 6.45) is 33.0. The lowest BCUT2D eigenvalue weighted by molar-refractivity contribution is 0.499. The standard InChI is InChI=1S/C26H53/c1-4-6-8-10-12-14-15-16-17-19-21-23-25-26(3)24-22-20-18-13-11-9-7-5-2/h25-26H,4-24H2,1-3H3. The van der Waals surface area contributed by atoms with E-state index >= 15 is 0 Å². The fourth-order valence-corrected chi connectivity index (χ4v) is 3.93. The van der Waals surface area contributed by atoms with Crippen molar-refractivity contribution in [2.75, 3.05) is 0 Å². The number of hydrogen-bond donors (Lipinski definition) is 0. The molecule has 1 radical (unpaired) electrons. The Morgan fingerprint density at radius 3 is 1.23 bits per heavy atom. The van der Waals surface area contributed by atoms with E-state index in [-0.39, 0.29) is 0 Å². The quantitative estimate of drug-likeness (QED) is 0.167. The van der Waals surface area contributed by atoms with E-state index in [2.05, 4.69) is 27.2 Å². The van der Waals surface area contributed by atoms with E-state index in [9.17, 15) is 0 Å². The van der Waals surface area contributed by atoms with E-state index in [0.29, 0.717) is 0 Å². The zero-order chi connectivity index (χ0) is 19.1. The van der Waals surface area contributed by atoms with Crippen LogP contribution in [0.15, 0.2) is 0 Å². The summed E-state index contributed by atoms with van der Waals surface area (Å²) in [7, 11) is 0. The Labute approximate surface area is 168 Å². The molecule has 0 fully saturated rings. The van der Waals surface area contributed by atoms with Crippen molar-refractivity contribution in [3.05, 3.63) is 6.42 Å². The van der Waals surface area contributed by atoms with Gasteiger partial charge in [0, 0.05) is 0 Å². The molecule has 0 amide bonds. The second-order valence-corrected chi connectivity index (χ2v) is 8.80. The van der Waals surface area contributed by atoms with Crippen LogP contribution in [0, 0.1) is 12.3 Å². The molecular formula is C26H53. The third-order valence-electron chi connectivity index (χ3n) is 5.89. The van der Waals surface area contributed by atoms with Gasteiger partial charge in [-0.3, -0.25) is 0 Å². The van der Waals surface area contributed by atoms with Crippen LogP contribution < -0.4 is 0 Å². The Morgan fingerprint density at radius 1 is 0.462 bits per heavy atom. The summed E-state index contributed by atoms with van der Waals surface area (Å²) < 4.78 is 0. The molecule has 0 nitrogen and oxygen atoms in total. The minimum Gasteiger partial charge on any atom is -0.0654 e. The van der Waals surface area contributed by atoms with Crippen LogP contribution in [0.4, 0.5) is 0 Å². The number of unbranched alkanes of at least 4 members (excludes halogenated alkanes) is 18. The van der Waals surface area contributed by atoms with E-state index in [1.165, 1.54) is 135 Å². The SMILES string of the molecule is CCCCCCCCCCCCC[CH]C(C)CCCCCCCCCC. The van der Waals surface area contributed by atoms with Crippen LogP contribution in [0.1, 0.15) is 156 Å². The Morgan fingerprint density at radius 2 is 0.808 bits per heavy atom. The largest absolute Gasteiger partial charge is 0.0654 e. The van der Waals surface area contributed by atoms with Crippen molar-refractivity contribution in [3.63, 3.8) is 0 Å². The lowest BCUT2D eigenvalue weighted by Crippen LogP contribution is -1.96. The molecule has 0 spiro atoms. The maximum atomic E-state index is 2.61. The Bertz CT molecular complexity index is 232. The normalized spacial score (nSPS) is 12.6. The van der Waals surface area contributed by atoms with Gasteiger partial charge in [-0.1, -0.05) is 149 Å². The summed E-state index contributed by atoms with van der Waals surface area (Å²) >= 11 is 0. The second kappa shape index (κ2) is 23.0. The summed E-state index contributed by atoms with van der Waals surface area (Å²) in [6.45, 7) is 7.03. The highest BCUT2D eigenvalue weighted by atomic mass is 14.1. The molecule has 0 aliphatic heterocycles. The molecule has 0 aliphatic carbocycles. The summed E-state index contributed by atoms with van der Waals surface area (Å²) in [5.74, 6) is 0.846. The highest BCUT2D eigenvalue weighted by molar-refractivity contribution is 4.72. The molecule has 1 atom stereocenters. The highest BCUT2D eigenvalue weighted by Gasteiger charge is 2.02. The molecule has 0 aromatic carbocycles. The molecule has 0 saturated heterocycles. The van der Waals surface area contributed by atoms with E-state index in [1.807, 2.05) is 0 Å². The molecule has 1 unspecified atom stereocenters. The Kier molecular flexibility index (Phi) is 23.0. The summed E-state index contributed by atoms with van der Waals surface area (Å²) in [5, 5.41) is 0. The van der Waals surface area contributed by atoms with Crippen LogP contribution in [-0.2, 0) is 0 Å². The molecule has 0 rings (SSSR count). The van der Waals surface area contributed by atoms with Crippen LogP contribution >= 0.6 is 0 Å². The topological polar surface area (TPSA) is 0 Å². The first kappa shape index (κ1) is 26.0. The van der Waals surface area contributed by atoms with E-state index in [1.54, 1.807) is 0 Å². The average Bonchev–Trinajstić information content (AvgIpc) is 2.65. The van der Waals surface area contributed by atoms with Crippen molar-refractivity contribution in [3.8, 4) is 0 Å².